The lowest BCUT2D eigenvalue weighted by Gasteiger charge is -2.38. The Kier molecular flexibility index (Phi) is 4.27. The molecule has 3 heterocycles. The van der Waals surface area contributed by atoms with Crippen molar-refractivity contribution in [2.45, 2.75) is 31.1 Å². The highest BCUT2D eigenvalue weighted by atomic mass is 19.1. The lowest BCUT2D eigenvalue weighted by atomic mass is 10.1. The van der Waals surface area contributed by atoms with Crippen LogP contribution in [0.4, 0.5) is 4.39 Å². The third-order valence-corrected chi connectivity index (χ3v) is 4.62. The van der Waals surface area contributed by atoms with Crippen molar-refractivity contribution in [1.29, 1.82) is 0 Å². The standard InChI is InChI=1S/C17H17FN4O3/c18-12-2-1-6-19-16(12)25-14-4-3-13-15(14)24-9-8-22(13)17(23)11-5-7-20-21-10-11/h1-2,5-7,10,13-15H,3-4,8-9H2/t13-,14+,15+/m1/s1. The maximum atomic E-state index is 13.8. The molecular weight excluding hydrogens is 327 g/mol. The van der Waals surface area contributed by atoms with Gasteiger partial charge in [0.05, 0.1) is 30.6 Å². The maximum Gasteiger partial charge on any atom is 0.255 e. The molecule has 2 aromatic heterocycles. The van der Waals surface area contributed by atoms with Gasteiger partial charge in [0.25, 0.3) is 11.8 Å². The first-order valence-corrected chi connectivity index (χ1v) is 8.20. The molecule has 2 fully saturated rings. The summed E-state index contributed by atoms with van der Waals surface area (Å²) < 4.78 is 25.4. The summed E-state index contributed by atoms with van der Waals surface area (Å²) in [6.45, 7) is 0.920. The summed E-state index contributed by atoms with van der Waals surface area (Å²) in [4.78, 5) is 18.5. The van der Waals surface area contributed by atoms with Gasteiger partial charge < -0.3 is 14.4 Å². The van der Waals surface area contributed by atoms with E-state index in [4.69, 9.17) is 9.47 Å². The molecule has 0 radical (unpaired) electrons. The second kappa shape index (κ2) is 6.72. The minimum absolute atomic E-state index is 0.0291. The molecule has 0 bridgehead atoms. The van der Waals surface area contributed by atoms with E-state index in [0.29, 0.717) is 25.1 Å². The Labute approximate surface area is 143 Å². The molecule has 1 amide bonds. The SMILES string of the molecule is O=C(c1ccnnc1)N1CCO[C@@H]2[C@@H](Oc3ncccc3F)CC[C@H]21. The molecule has 0 N–H and O–H groups in total. The summed E-state index contributed by atoms with van der Waals surface area (Å²) in [5.74, 6) is -0.631. The molecule has 130 valence electrons. The molecule has 4 rings (SSSR count). The minimum atomic E-state index is -0.502. The summed E-state index contributed by atoms with van der Waals surface area (Å²) in [6, 6.07) is 4.36. The van der Waals surface area contributed by atoms with Crippen molar-refractivity contribution in [1.82, 2.24) is 20.1 Å². The third-order valence-electron chi connectivity index (χ3n) is 4.62. The van der Waals surface area contributed by atoms with Crippen molar-refractivity contribution < 1.29 is 18.7 Å². The third kappa shape index (κ3) is 3.05. The van der Waals surface area contributed by atoms with Crippen LogP contribution in [0.25, 0.3) is 0 Å². The average Bonchev–Trinajstić information content (AvgIpc) is 3.07. The van der Waals surface area contributed by atoms with Gasteiger partial charge in [0.2, 0.25) is 0 Å². The van der Waals surface area contributed by atoms with E-state index in [1.165, 1.54) is 30.7 Å². The fourth-order valence-corrected chi connectivity index (χ4v) is 3.48. The number of halogens is 1. The zero-order valence-corrected chi connectivity index (χ0v) is 13.4. The van der Waals surface area contributed by atoms with E-state index in [1.54, 1.807) is 11.0 Å². The highest BCUT2D eigenvalue weighted by molar-refractivity contribution is 5.94. The zero-order chi connectivity index (χ0) is 17.2. The van der Waals surface area contributed by atoms with Crippen LogP contribution in [-0.2, 0) is 4.74 Å². The van der Waals surface area contributed by atoms with Gasteiger partial charge in [-0.05, 0) is 31.0 Å². The molecule has 0 aromatic carbocycles. The number of ether oxygens (including phenoxy) is 2. The highest BCUT2D eigenvalue weighted by Gasteiger charge is 2.46. The van der Waals surface area contributed by atoms with E-state index in [-0.39, 0.29) is 30.0 Å². The second-order valence-electron chi connectivity index (χ2n) is 6.06. The van der Waals surface area contributed by atoms with Crippen molar-refractivity contribution >= 4 is 5.91 Å². The van der Waals surface area contributed by atoms with Crippen molar-refractivity contribution in [3.63, 3.8) is 0 Å². The lowest BCUT2D eigenvalue weighted by molar-refractivity contribution is -0.0799. The molecule has 3 atom stereocenters. The van der Waals surface area contributed by atoms with Crippen LogP contribution >= 0.6 is 0 Å². The van der Waals surface area contributed by atoms with Gasteiger partial charge in [-0.15, -0.1) is 0 Å². The molecule has 1 saturated heterocycles. The van der Waals surface area contributed by atoms with Gasteiger partial charge in [-0.2, -0.15) is 10.2 Å². The van der Waals surface area contributed by atoms with Crippen LogP contribution in [0.3, 0.4) is 0 Å². The fraction of sp³-hybridized carbons (Fsp3) is 0.412. The van der Waals surface area contributed by atoms with Gasteiger partial charge in [-0.3, -0.25) is 4.79 Å². The molecule has 1 saturated carbocycles. The van der Waals surface area contributed by atoms with Crippen molar-refractivity contribution in [2.75, 3.05) is 13.2 Å². The zero-order valence-electron chi connectivity index (χ0n) is 13.4. The Hall–Kier alpha value is -2.61. The molecular formula is C17H17FN4O3. The second-order valence-corrected chi connectivity index (χ2v) is 6.06. The monoisotopic (exact) mass is 344 g/mol. The fourth-order valence-electron chi connectivity index (χ4n) is 3.48. The van der Waals surface area contributed by atoms with Crippen molar-refractivity contribution in [3.8, 4) is 5.88 Å². The minimum Gasteiger partial charge on any atom is -0.469 e. The Morgan fingerprint density at radius 2 is 2.20 bits per heavy atom. The number of carbonyl (C=O) groups is 1. The van der Waals surface area contributed by atoms with Crippen LogP contribution in [-0.4, -0.2) is 57.4 Å². The summed E-state index contributed by atoms with van der Waals surface area (Å²) in [6.07, 6.45) is 5.21. The summed E-state index contributed by atoms with van der Waals surface area (Å²) in [7, 11) is 0. The van der Waals surface area contributed by atoms with E-state index in [0.717, 1.165) is 6.42 Å². The lowest BCUT2D eigenvalue weighted by Crippen LogP contribution is -2.54. The van der Waals surface area contributed by atoms with Gasteiger partial charge in [0.1, 0.15) is 12.2 Å². The van der Waals surface area contributed by atoms with E-state index in [2.05, 4.69) is 15.2 Å². The average molecular weight is 344 g/mol. The number of hydrogen-bond acceptors (Lipinski definition) is 6. The first-order chi connectivity index (χ1) is 12.2. The number of rotatable bonds is 3. The first kappa shape index (κ1) is 15.9. The van der Waals surface area contributed by atoms with E-state index < -0.39 is 5.82 Å². The number of aromatic nitrogens is 3. The Morgan fingerprint density at radius 1 is 1.28 bits per heavy atom. The predicted molar refractivity (Wildman–Crippen MR) is 84.4 cm³/mol. The highest BCUT2D eigenvalue weighted by Crippen LogP contribution is 2.33. The summed E-state index contributed by atoms with van der Waals surface area (Å²) >= 11 is 0. The molecule has 7 nitrogen and oxygen atoms in total. The van der Waals surface area contributed by atoms with E-state index in [9.17, 15) is 9.18 Å². The number of carbonyl (C=O) groups excluding carboxylic acids is 1. The van der Waals surface area contributed by atoms with Gasteiger partial charge in [0, 0.05) is 12.7 Å². The van der Waals surface area contributed by atoms with Crippen LogP contribution in [0, 0.1) is 5.82 Å². The van der Waals surface area contributed by atoms with Crippen LogP contribution < -0.4 is 4.74 Å². The Balaban J connectivity index is 1.51. The molecule has 2 aromatic rings. The summed E-state index contributed by atoms with van der Waals surface area (Å²) in [5.41, 5.74) is 0.496. The van der Waals surface area contributed by atoms with Crippen LogP contribution in [0.5, 0.6) is 5.88 Å². The number of amides is 1. The molecule has 25 heavy (non-hydrogen) atoms. The Bertz CT molecular complexity index is 761. The normalized spacial score (nSPS) is 25.5. The van der Waals surface area contributed by atoms with Gasteiger partial charge >= 0.3 is 0 Å². The van der Waals surface area contributed by atoms with Crippen LogP contribution in [0.2, 0.25) is 0 Å². The van der Waals surface area contributed by atoms with Crippen LogP contribution in [0.1, 0.15) is 23.2 Å². The number of fused-ring (bicyclic) bond motifs is 1. The number of nitrogens with zero attached hydrogens (tertiary/aromatic N) is 4. The number of pyridine rings is 1. The molecule has 0 spiro atoms. The largest absolute Gasteiger partial charge is 0.469 e. The van der Waals surface area contributed by atoms with Gasteiger partial charge in [-0.1, -0.05) is 0 Å². The smallest absolute Gasteiger partial charge is 0.255 e. The maximum absolute atomic E-state index is 13.8. The topological polar surface area (TPSA) is 77.4 Å². The molecule has 8 heteroatoms. The van der Waals surface area contributed by atoms with Crippen molar-refractivity contribution in [3.05, 3.63) is 48.2 Å². The van der Waals surface area contributed by atoms with E-state index in [1.807, 2.05) is 0 Å². The quantitative estimate of drug-likeness (QED) is 0.839. The molecule has 0 unspecified atom stereocenters. The van der Waals surface area contributed by atoms with Crippen molar-refractivity contribution in [2.24, 2.45) is 0 Å². The number of hydrogen-bond donors (Lipinski definition) is 0. The number of morpholine rings is 1. The van der Waals surface area contributed by atoms with Gasteiger partial charge in [-0.25, -0.2) is 9.37 Å². The first-order valence-electron chi connectivity index (χ1n) is 8.20. The predicted octanol–water partition coefficient (Wildman–Crippen LogP) is 1.46. The van der Waals surface area contributed by atoms with Gasteiger partial charge in [0.15, 0.2) is 5.82 Å². The molecule has 1 aliphatic heterocycles. The van der Waals surface area contributed by atoms with Crippen LogP contribution in [0.15, 0.2) is 36.8 Å². The molecule has 1 aliphatic carbocycles. The van der Waals surface area contributed by atoms with E-state index >= 15 is 0 Å². The Morgan fingerprint density at radius 3 is 3.00 bits per heavy atom. The molecule has 2 aliphatic rings. The summed E-state index contributed by atoms with van der Waals surface area (Å²) in [5, 5.41) is 7.46.